The quantitative estimate of drug-likeness (QED) is 0.591. The number of nitrogens with zero attached hydrogens (tertiary/aromatic N) is 2. The van der Waals surface area contributed by atoms with E-state index >= 15 is 0 Å². The molecule has 124 valence electrons. The first-order valence-electron chi connectivity index (χ1n) is 6.97. The SMILES string of the molecule is CN(CC(=O)NC1CC1)C(=O)COc1cc(F)ccc1[N+](=O)[O-]. The molecule has 0 aliphatic heterocycles. The van der Waals surface area contributed by atoms with Crippen molar-refractivity contribution in [1.82, 2.24) is 10.2 Å². The van der Waals surface area contributed by atoms with E-state index in [2.05, 4.69) is 5.32 Å². The van der Waals surface area contributed by atoms with Crippen LogP contribution in [-0.4, -0.2) is 47.9 Å². The minimum absolute atomic E-state index is 0.135. The lowest BCUT2D eigenvalue weighted by molar-refractivity contribution is -0.385. The highest BCUT2D eigenvalue weighted by Gasteiger charge is 2.24. The van der Waals surface area contributed by atoms with Crippen LogP contribution in [0.3, 0.4) is 0 Å². The van der Waals surface area contributed by atoms with Crippen LogP contribution in [0.25, 0.3) is 0 Å². The lowest BCUT2D eigenvalue weighted by Gasteiger charge is -2.17. The van der Waals surface area contributed by atoms with Crippen LogP contribution < -0.4 is 10.1 Å². The number of carbonyl (C=O) groups is 2. The molecule has 1 N–H and O–H groups in total. The van der Waals surface area contributed by atoms with Gasteiger partial charge in [-0.05, 0) is 18.9 Å². The van der Waals surface area contributed by atoms with E-state index < -0.39 is 28.9 Å². The van der Waals surface area contributed by atoms with Gasteiger partial charge in [0, 0.05) is 25.2 Å². The monoisotopic (exact) mass is 325 g/mol. The maximum Gasteiger partial charge on any atom is 0.311 e. The zero-order valence-corrected chi connectivity index (χ0v) is 12.5. The van der Waals surface area contributed by atoms with Gasteiger partial charge in [0.2, 0.25) is 11.7 Å². The van der Waals surface area contributed by atoms with E-state index in [1.807, 2.05) is 0 Å². The molecule has 0 atom stereocenters. The van der Waals surface area contributed by atoms with Crippen LogP contribution in [0.5, 0.6) is 5.75 Å². The molecular formula is C14H16FN3O5. The molecule has 0 saturated heterocycles. The Labute approximate surface area is 131 Å². The highest BCUT2D eigenvalue weighted by molar-refractivity contribution is 5.85. The van der Waals surface area contributed by atoms with Gasteiger partial charge in [0.05, 0.1) is 11.5 Å². The van der Waals surface area contributed by atoms with Crippen LogP contribution in [0.1, 0.15) is 12.8 Å². The molecule has 1 aromatic rings. The van der Waals surface area contributed by atoms with Crippen LogP contribution in [-0.2, 0) is 9.59 Å². The summed E-state index contributed by atoms with van der Waals surface area (Å²) in [7, 11) is 1.41. The normalized spacial score (nSPS) is 13.3. The fourth-order valence-corrected chi connectivity index (χ4v) is 1.81. The Morgan fingerprint density at radius 3 is 2.78 bits per heavy atom. The Balaban J connectivity index is 1.89. The summed E-state index contributed by atoms with van der Waals surface area (Å²) in [6.07, 6.45) is 1.88. The fraction of sp³-hybridized carbons (Fsp3) is 0.429. The lowest BCUT2D eigenvalue weighted by atomic mass is 10.3. The molecule has 0 bridgehead atoms. The number of halogens is 1. The number of nitrogens with one attached hydrogen (secondary N) is 1. The van der Waals surface area contributed by atoms with Gasteiger partial charge in [-0.1, -0.05) is 0 Å². The zero-order valence-electron chi connectivity index (χ0n) is 12.5. The molecule has 0 heterocycles. The number of amides is 2. The Morgan fingerprint density at radius 1 is 1.48 bits per heavy atom. The average Bonchev–Trinajstić information content (AvgIpc) is 3.28. The van der Waals surface area contributed by atoms with Crippen molar-refractivity contribution < 1.29 is 23.6 Å². The third-order valence-corrected chi connectivity index (χ3v) is 3.22. The standard InChI is InChI=1S/C14H16FN3O5/c1-17(7-13(19)16-10-3-4-10)14(20)8-23-12-6-9(15)2-5-11(12)18(21)22/h2,5-6,10H,3-4,7-8H2,1H3,(H,16,19). The molecule has 0 aromatic heterocycles. The van der Waals surface area contributed by atoms with Gasteiger partial charge in [0.15, 0.2) is 6.61 Å². The van der Waals surface area contributed by atoms with Crippen molar-refractivity contribution in [2.45, 2.75) is 18.9 Å². The summed E-state index contributed by atoms with van der Waals surface area (Å²) in [4.78, 5) is 34.7. The van der Waals surface area contributed by atoms with Crippen molar-refractivity contribution >= 4 is 17.5 Å². The maximum atomic E-state index is 13.1. The van der Waals surface area contributed by atoms with Crippen molar-refractivity contribution in [3.8, 4) is 5.75 Å². The van der Waals surface area contributed by atoms with Crippen LogP contribution in [0.15, 0.2) is 18.2 Å². The summed E-state index contributed by atoms with van der Waals surface area (Å²) in [6, 6.07) is 2.92. The van der Waals surface area contributed by atoms with Gasteiger partial charge in [-0.2, -0.15) is 0 Å². The molecule has 23 heavy (non-hydrogen) atoms. The van der Waals surface area contributed by atoms with Gasteiger partial charge in [-0.25, -0.2) is 4.39 Å². The number of nitro benzene ring substituents is 1. The first-order chi connectivity index (χ1) is 10.9. The number of ether oxygens (including phenoxy) is 1. The van der Waals surface area contributed by atoms with Gasteiger partial charge in [-0.15, -0.1) is 0 Å². The minimum Gasteiger partial charge on any atom is -0.477 e. The second-order valence-corrected chi connectivity index (χ2v) is 5.25. The summed E-state index contributed by atoms with van der Waals surface area (Å²) in [5, 5.41) is 13.6. The van der Waals surface area contributed by atoms with E-state index in [9.17, 15) is 24.1 Å². The molecule has 1 fully saturated rings. The van der Waals surface area contributed by atoms with Gasteiger partial charge in [-0.3, -0.25) is 19.7 Å². The first-order valence-corrected chi connectivity index (χ1v) is 6.97. The van der Waals surface area contributed by atoms with Gasteiger partial charge in [0.1, 0.15) is 5.82 Å². The molecule has 0 radical (unpaired) electrons. The highest BCUT2D eigenvalue weighted by Crippen LogP contribution is 2.27. The number of rotatable bonds is 7. The van der Waals surface area contributed by atoms with E-state index in [0.717, 1.165) is 35.9 Å². The second-order valence-electron chi connectivity index (χ2n) is 5.25. The summed E-state index contributed by atoms with van der Waals surface area (Å²) in [5.41, 5.74) is -0.437. The number of likely N-dealkylation sites (N-methyl/N-ethyl adjacent to an activating group) is 1. The molecular weight excluding hydrogens is 309 g/mol. The van der Waals surface area contributed by atoms with Gasteiger partial charge in [0.25, 0.3) is 5.91 Å². The van der Waals surface area contributed by atoms with Crippen LogP contribution >= 0.6 is 0 Å². The van der Waals surface area contributed by atoms with Crippen molar-refractivity contribution in [2.75, 3.05) is 20.2 Å². The average molecular weight is 325 g/mol. The van der Waals surface area contributed by atoms with Crippen LogP contribution in [0.4, 0.5) is 10.1 Å². The number of carbonyl (C=O) groups excluding carboxylic acids is 2. The number of nitro groups is 1. The second kappa shape index (κ2) is 7.03. The third-order valence-electron chi connectivity index (χ3n) is 3.22. The third kappa shape index (κ3) is 4.90. The number of benzene rings is 1. The number of hydrogen-bond donors (Lipinski definition) is 1. The molecule has 2 amide bonds. The Bertz CT molecular complexity index is 633. The van der Waals surface area contributed by atoms with E-state index in [1.54, 1.807) is 0 Å². The zero-order chi connectivity index (χ0) is 17.0. The summed E-state index contributed by atoms with van der Waals surface area (Å²) >= 11 is 0. The smallest absolute Gasteiger partial charge is 0.311 e. The Hall–Kier alpha value is -2.71. The van der Waals surface area contributed by atoms with Crippen molar-refractivity contribution in [1.29, 1.82) is 0 Å². The topological polar surface area (TPSA) is 102 Å². The largest absolute Gasteiger partial charge is 0.477 e. The molecule has 1 aromatic carbocycles. The molecule has 1 aliphatic rings. The van der Waals surface area contributed by atoms with Crippen molar-refractivity contribution in [2.24, 2.45) is 0 Å². The summed E-state index contributed by atoms with van der Waals surface area (Å²) < 4.78 is 18.2. The molecule has 2 rings (SSSR count). The van der Waals surface area contributed by atoms with E-state index in [0.29, 0.717) is 0 Å². The van der Waals surface area contributed by atoms with E-state index in [4.69, 9.17) is 4.74 Å². The Morgan fingerprint density at radius 2 is 2.17 bits per heavy atom. The van der Waals surface area contributed by atoms with E-state index in [1.165, 1.54) is 7.05 Å². The fourth-order valence-electron chi connectivity index (χ4n) is 1.81. The highest BCUT2D eigenvalue weighted by atomic mass is 19.1. The molecule has 1 aliphatic carbocycles. The minimum atomic E-state index is -0.730. The lowest BCUT2D eigenvalue weighted by Crippen LogP contribution is -2.40. The van der Waals surface area contributed by atoms with Crippen molar-refractivity contribution in [3.63, 3.8) is 0 Å². The first kappa shape index (κ1) is 16.7. The summed E-state index contributed by atoms with van der Waals surface area (Å²) in [6.45, 7) is -0.665. The van der Waals surface area contributed by atoms with Crippen molar-refractivity contribution in [3.05, 3.63) is 34.1 Å². The molecule has 8 nitrogen and oxygen atoms in total. The molecule has 0 spiro atoms. The predicted molar refractivity (Wildman–Crippen MR) is 77.4 cm³/mol. The molecule has 1 saturated carbocycles. The van der Waals surface area contributed by atoms with Gasteiger partial charge >= 0.3 is 5.69 Å². The predicted octanol–water partition coefficient (Wildman–Crippen LogP) is 0.850. The molecule has 9 heteroatoms. The number of hydrogen-bond acceptors (Lipinski definition) is 5. The van der Waals surface area contributed by atoms with Gasteiger partial charge < -0.3 is 15.0 Å². The Kier molecular flexibility index (Phi) is 5.09. The summed E-state index contributed by atoms with van der Waals surface area (Å²) in [5.74, 6) is -1.87. The van der Waals surface area contributed by atoms with E-state index in [-0.39, 0.29) is 24.2 Å². The molecule has 0 unspecified atom stereocenters. The van der Waals surface area contributed by atoms with Crippen LogP contribution in [0, 0.1) is 15.9 Å². The van der Waals surface area contributed by atoms with Crippen LogP contribution in [0.2, 0.25) is 0 Å². The maximum absolute atomic E-state index is 13.1.